The molecule has 1 aromatic carbocycles. The maximum atomic E-state index is 12.1. The highest BCUT2D eigenvalue weighted by atomic mass is 19.4. The monoisotopic (exact) mass is 302 g/mol. The van der Waals surface area contributed by atoms with Crippen LogP contribution in [-0.4, -0.2) is 18.8 Å². The molecule has 7 heteroatoms. The van der Waals surface area contributed by atoms with Crippen LogP contribution in [0.25, 0.3) is 0 Å². The number of anilines is 1. The predicted octanol–water partition coefficient (Wildman–Crippen LogP) is 3.09. The summed E-state index contributed by atoms with van der Waals surface area (Å²) in [6.45, 7) is 0.552. The van der Waals surface area contributed by atoms with E-state index in [2.05, 4.69) is 10.1 Å². The van der Waals surface area contributed by atoms with E-state index in [-0.39, 0.29) is 17.2 Å². The predicted molar refractivity (Wildman–Crippen MR) is 71.8 cm³/mol. The van der Waals surface area contributed by atoms with Crippen molar-refractivity contribution in [3.05, 3.63) is 23.8 Å². The van der Waals surface area contributed by atoms with Gasteiger partial charge in [-0.25, -0.2) is 0 Å². The molecule has 116 valence electrons. The van der Waals surface area contributed by atoms with E-state index in [0.717, 1.165) is 24.8 Å². The van der Waals surface area contributed by atoms with Gasteiger partial charge in [0, 0.05) is 12.1 Å². The Bertz CT molecular complexity index is 513. The second kappa shape index (κ2) is 6.24. The van der Waals surface area contributed by atoms with Crippen LogP contribution in [0.15, 0.2) is 18.2 Å². The quantitative estimate of drug-likeness (QED) is 0.627. The molecule has 1 amide bonds. The number of amides is 1. The number of halogens is 3. The molecule has 0 atom stereocenters. The Morgan fingerprint density at radius 2 is 2.10 bits per heavy atom. The molecule has 0 saturated heterocycles. The van der Waals surface area contributed by atoms with E-state index >= 15 is 0 Å². The van der Waals surface area contributed by atoms with E-state index in [9.17, 15) is 18.0 Å². The lowest BCUT2D eigenvalue weighted by Gasteiger charge is -2.12. The highest BCUT2D eigenvalue weighted by molar-refractivity contribution is 5.95. The van der Waals surface area contributed by atoms with Crippen molar-refractivity contribution in [1.82, 2.24) is 5.32 Å². The van der Waals surface area contributed by atoms with Gasteiger partial charge in [-0.1, -0.05) is 12.8 Å². The molecule has 0 bridgehead atoms. The standard InChI is InChI=1S/C14H17F3N2O2/c15-14(16,17)21-12-6-5-10(8-11(12)18)13(20)19-7-1-2-9-3-4-9/h5-6,8-9H,1-4,7,18H2,(H,19,20). The van der Waals surface area contributed by atoms with Gasteiger partial charge in [-0.05, 0) is 37.0 Å². The molecular weight excluding hydrogens is 285 g/mol. The third-order valence-electron chi connectivity index (χ3n) is 3.27. The third-order valence-corrected chi connectivity index (χ3v) is 3.27. The lowest BCUT2D eigenvalue weighted by molar-refractivity contribution is -0.274. The number of carbonyl (C=O) groups is 1. The van der Waals surface area contributed by atoms with Crippen LogP contribution in [0, 0.1) is 5.92 Å². The molecule has 0 radical (unpaired) electrons. The van der Waals surface area contributed by atoms with Gasteiger partial charge in [0.15, 0.2) is 5.75 Å². The number of hydrogen-bond acceptors (Lipinski definition) is 3. The minimum atomic E-state index is -4.80. The molecule has 0 aromatic heterocycles. The molecular formula is C14H17F3N2O2. The first-order valence-electron chi connectivity index (χ1n) is 6.78. The highest BCUT2D eigenvalue weighted by Crippen LogP contribution is 2.33. The highest BCUT2D eigenvalue weighted by Gasteiger charge is 2.32. The van der Waals surface area contributed by atoms with Gasteiger partial charge in [0.05, 0.1) is 5.69 Å². The van der Waals surface area contributed by atoms with Gasteiger partial charge in [-0.2, -0.15) is 0 Å². The second-order valence-corrected chi connectivity index (χ2v) is 5.14. The second-order valence-electron chi connectivity index (χ2n) is 5.14. The summed E-state index contributed by atoms with van der Waals surface area (Å²) in [6, 6.07) is 3.48. The van der Waals surface area contributed by atoms with E-state index in [1.54, 1.807) is 0 Å². The fourth-order valence-corrected chi connectivity index (χ4v) is 2.01. The summed E-state index contributed by atoms with van der Waals surface area (Å²) in [4.78, 5) is 11.8. The number of nitrogens with two attached hydrogens (primary N) is 1. The minimum Gasteiger partial charge on any atom is -0.404 e. The number of hydrogen-bond donors (Lipinski definition) is 2. The Morgan fingerprint density at radius 3 is 2.67 bits per heavy atom. The number of nitrogen functional groups attached to an aromatic ring is 1. The van der Waals surface area contributed by atoms with Gasteiger partial charge in [0.25, 0.3) is 5.91 Å². The molecule has 0 spiro atoms. The number of carbonyl (C=O) groups excluding carboxylic acids is 1. The van der Waals surface area contributed by atoms with Crippen molar-refractivity contribution in [1.29, 1.82) is 0 Å². The summed E-state index contributed by atoms with van der Waals surface area (Å²) >= 11 is 0. The lowest BCUT2D eigenvalue weighted by atomic mass is 10.1. The van der Waals surface area contributed by atoms with E-state index in [1.165, 1.54) is 25.0 Å². The number of nitrogens with one attached hydrogen (secondary N) is 1. The van der Waals surface area contributed by atoms with Gasteiger partial charge in [-0.15, -0.1) is 13.2 Å². The number of benzene rings is 1. The van der Waals surface area contributed by atoms with Crippen molar-refractivity contribution in [2.75, 3.05) is 12.3 Å². The average Bonchev–Trinajstić information content (AvgIpc) is 3.19. The van der Waals surface area contributed by atoms with E-state index in [4.69, 9.17) is 5.73 Å². The SMILES string of the molecule is Nc1cc(C(=O)NCCCC2CC2)ccc1OC(F)(F)F. The van der Waals surface area contributed by atoms with Crippen LogP contribution < -0.4 is 15.8 Å². The molecule has 1 aromatic rings. The minimum absolute atomic E-state index is 0.216. The first-order chi connectivity index (χ1) is 9.85. The summed E-state index contributed by atoms with van der Waals surface area (Å²) in [7, 11) is 0. The fraction of sp³-hybridized carbons (Fsp3) is 0.500. The third kappa shape index (κ3) is 5.17. The summed E-state index contributed by atoms with van der Waals surface area (Å²) in [6.07, 6.45) is -0.265. The molecule has 21 heavy (non-hydrogen) atoms. The molecule has 2 rings (SSSR count). The first-order valence-corrected chi connectivity index (χ1v) is 6.78. The molecule has 3 N–H and O–H groups in total. The first kappa shape index (κ1) is 15.5. The van der Waals surface area contributed by atoms with Gasteiger partial charge in [0.1, 0.15) is 0 Å². The maximum Gasteiger partial charge on any atom is 0.573 e. The average molecular weight is 302 g/mol. The normalized spacial score (nSPS) is 14.8. The van der Waals surface area contributed by atoms with E-state index < -0.39 is 12.1 Å². The van der Waals surface area contributed by atoms with Crippen molar-refractivity contribution in [3.8, 4) is 5.75 Å². The summed E-state index contributed by atoms with van der Waals surface area (Å²) in [5.41, 5.74) is 5.46. The van der Waals surface area contributed by atoms with Crippen LogP contribution in [-0.2, 0) is 0 Å². The van der Waals surface area contributed by atoms with E-state index in [0.29, 0.717) is 6.54 Å². The molecule has 0 unspecified atom stereocenters. The van der Waals surface area contributed by atoms with Gasteiger partial charge >= 0.3 is 6.36 Å². The van der Waals surface area contributed by atoms with Crippen LogP contribution in [0.5, 0.6) is 5.75 Å². The van der Waals surface area contributed by atoms with Gasteiger partial charge in [0.2, 0.25) is 0 Å². The summed E-state index contributed by atoms with van der Waals surface area (Å²) in [5, 5.41) is 2.72. The smallest absolute Gasteiger partial charge is 0.404 e. The van der Waals surface area contributed by atoms with Crippen LogP contribution in [0.2, 0.25) is 0 Å². The van der Waals surface area contributed by atoms with Crippen LogP contribution in [0.1, 0.15) is 36.0 Å². The summed E-state index contributed by atoms with van der Waals surface area (Å²) < 4.78 is 40.0. The molecule has 0 heterocycles. The van der Waals surface area contributed by atoms with Crippen LogP contribution in [0.3, 0.4) is 0 Å². The zero-order valence-electron chi connectivity index (χ0n) is 11.4. The summed E-state index contributed by atoms with van der Waals surface area (Å²) in [5.74, 6) is -0.0554. The maximum absolute atomic E-state index is 12.1. The number of rotatable bonds is 6. The molecule has 1 saturated carbocycles. The van der Waals surface area contributed by atoms with Crippen molar-refractivity contribution >= 4 is 11.6 Å². The van der Waals surface area contributed by atoms with Gasteiger partial charge < -0.3 is 15.8 Å². The van der Waals surface area contributed by atoms with Crippen molar-refractivity contribution in [3.63, 3.8) is 0 Å². The van der Waals surface area contributed by atoms with Crippen LogP contribution in [0.4, 0.5) is 18.9 Å². The van der Waals surface area contributed by atoms with Crippen molar-refractivity contribution < 1.29 is 22.7 Å². The van der Waals surface area contributed by atoms with Crippen LogP contribution >= 0.6 is 0 Å². The number of alkyl halides is 3. The molecule has 4 nitrogen and oxygen atoms in total. The van der Waals surface area contributed by atoms with Crippen molar-refractivity contribution in [2.45, 2.75) is 32.0 Å². The lowest BCUT2D eigenvalue weighted by Crippen LogP contribution is -2.24. The Hall–Kier alpha value is -1.92. The Labute approximate surface area is 120 Å². The van der Waals surface area contributed by atoms with Crippen molar-refractivity contribution in [2.24, 2.45) is 5.92 Å². The zero-order valence-corrected chi connectivity index (χ0v) is 11.4. The Morgan fingerprint density at radius 1 is 1.38 bits per heavy atom. The largest absolute Gasteiger partial charge is 0.573 e. The molecule has 1 aliphatic carbocycles. The fourth-order valence-electron chi connectivity index (χ4n) is 2.01. The van der Waals surface area contributed by atoms with Gasteiger partial charge in [-0.3, -0.25) is 4.79 Å². The molecule has 1 fully saturated rings. The zero-order chi connectivity index (χ0) is 15.5. The topological polar surface area (TPSA) is 64.4 Å². The number of ether oxygens (including phenoxy) is 1. The molecule has 0 aliphatic heterocycles. The Kier molecular flexibility index (Phi) is 4.59. The van der Waals surface area contributed by atoms with E-state index in [1.807, 2.05) is 0 Å². The molecule has 1 aliphatic rings. The Balaban J connectivity index is 1.87.